The van der Waals surface area contributed by atoms with Crippen LogP contribution in [-0.2, 0) is 0 Å². The minimum absolute atomic E-state index is 0.207. The van der Waals surface area contributed by atoms with E-state index >= 15 is 0 Å². The molecule has 8 nitrogen and oxygen atoms in total. The second-order valence-corrected chi connectivity index (χ2v) is 5.21. The van der Waals surface area contributed by atoms with E-state index < -0.39 is 0 Å². The quantitative estimate of drug-likeness (QED) is 0.839. The lowest BCUT2D eigenvalue weighted by Crippen LogP contribution is -2.32. The Labute approximate surface area is 123 Å². The van der Waals surface area contributed by atoms with Gasteiger partial charge >= 0.3 is 0 Å². The Morgan fingerprint density at radius 1 is 1.24 bits per heavy atom. The van der Waals surface area contributed by atoms with Crippen LogP contribution < -0.4 is 10.6 Å². The van der Waals surface area contributed by atoms with Gasteiger partial charge in [-0.1, -0.05) is 0 Å². The van der Waals surface area contributed by atoms with Gasteiger partial charge in [-0.05, 0) is 32.0 Å². The predicted octanol–water partition coefficient (Wildman–Crippen LogP) is 0.172. The van der Waals surface area contributed by atoms with Crippen molar-refractivity contribution in [3.8, 4) is 5.95 Å². The van der Waals surface area contributed by atoms with Crippen molar-refractivity contribution in [3.63, 3.8) is 0 Å². The highest BCUT2D eigenvalue weighted by atomic mass is 15.4. The number of anilines is 2. The zero-order valence-corrected chi connectivity index (χ0v) is 12.2. The summed E-state index contributed by atoms with van der Waals surface area (Å²) < 4.78 is 1.58. The summed E-state index contributed by atoms with van der Waals surface area (Å²) in [5.74, 6) is 1.22. The van der Waals surface area contributed by atoms with Gasteiger partial charge in [-0.15, -0.1) is 0 Å². The third kappa shape index (κ3) is 3.27. The first kappa shape index (κ1) is 13.7. The number of likely N-dealkylation sites (tertiary alicyclic amines) is 1. The molecule has 0 aliphatic carbocycles. The van der Waals surface area contributed by atoms with Crippen LogP contribution >= 0.6 is 0 Å². The average Bonchev–Trinajstić information content (AvgIpc) is 3.17. The molecule has 0 bridgehead atoms. The minimum Gasteiger partial charge on any atom is -0.368 e. The van der Waals surface area contributed by atoms with Gasteiger partial charge in [0, 0.05) is 32.5 Å². The smallest absolute Gasteiger partial charge is 0.257 e. The Bertz CT molecular complexity index is 576. The molecule has 0 atom stereocenters. The first-order chi connectivity index (χ1) is 10.2. The van der Waals surface area contributed by atoms with Crippen LogP contribution in [0.5, 0.6) is 0 Å². The molecule has 8 heteroatoms. The molecule has 112 valence electrons. The molecule has 0 radical (unpaired) electrons. The molecule has 1 aliphatic rings. The van der Waals surface area contributed by atoms with Gasteiger partial charge in [-0.25, -0.2) is 4.68 Å². The second-order valence-electron chi connectivity index (χ2n) is 5.21. The van der Waals surface area contributed by atoms with Crippen molar-refractivity contribution in [2.24, 2.45) is 0 Å². The summed E-state index contributed by atoms with van der Waals surface area (Å²) in [5, 5.41) is 4.12. The highest BCUT2D eigenvalue weighted by Crippen LogP contribution is 2.11. The first-order valence-corrected chi connectivity index (χ1v) is 7.17. The molecule has 21 heavy (non-hydrogen) atoms. The lowest BCUT2D eigenvalue weighted by Gasteiger charge is -2.21. The zero-order valence-electron chi connectivity index (χ0n) is 12.2. The summed E-state index contributed by atoms with van der Waals surface area (Å²) in [4.78, 5) is 17.2. The van der Waals surface area contributed by atoms with E-state index in [1.54, 1.807) is 17.1 Å². The van der Waals surface area contributed by atoms with E-state index in [0.717, 1.165) is 13.1 Å². The van der Waals surface area contributed by atoms with Crippen molar-refractivity contribution in [1.29, 1.82) is 0 Å². The van der Waals surface area contributed by atoms with Gasteiger partial charge in [0.15, 0.2) is 0 Å². The summed E-state index contributed by atoms with van der Waals surface area (Å²) in [6, 6.07) is 1.82. The largest absolute Gasteiger partial charge is 0.368 e. The molecular weight excluding hydrogens is 268 g/mol. The lowest BCUT2D eigenvalue weighted by molar-refractivity contribution is 0.346. The van der Waals surface area contributed by atoms with E-state index in [9.17, 15) is 0 Å². The van der Waals surface area contributed by atoms with E-state index in [4.69, 9.17) is 5.73 Å². The number of nitrogen functional groups attached to an aromatic ring is 1. The highest BCUT2D eigenvalue weighted by Gasteiger charge is 2.14. The van der Waals surface area contributed by atoms with Crippen molar-refractivity contribution < 1.29 is 0 Å². The number of nitrogens with two attached hydrogens (primary N) is 1. The van der Waals surface area contributed by atoms with E-state index in [1.165, 1.54) is 25.9 Å². The Kier molecular flexibility index (Phi) is 3.96. The maximum atomic E-state index is 5.78. The van der Waals surface area contributed by atoms with E-state index in [1.807, 2.05) is 18.0 Å². The fourth-order valence-corrected chi connectivity index (χ4v) is 2.43. The monoisotopic (exact) mass is 288 g/mol. The van der Waals surface area contributed by atoms with Gasteiger partial charge < -0.3 is 15.5 Å². The number of likely N-dealkylation sites (N-methyl/N-ethyl adjacent to an activating group) is 1. The van der Waals surface area contributed by atoms with Crippen LogP contribution in [0.15, 0.2) is 18.5 Å². The number of nitrogens with zero attached hydrogens (tertiary/aromatic N) is 7. The van der Waals surface area contributed by atoms with Crippen molar-refractivity contribution in [3.05, 3.63) is 18.5 Å². The molecule has 3 heterocycles. The maximum Gasteiger partial charge on any atom is 0.257 e. The molecular formula is C13H20N8. The molecule has 0 spiro atoms. The molecule has 3 rings (SSSR count). The Morgan fingerprint density at radius 2 is 2.05 bits per heavy atom. The van der Waals surface area contributed by atoms with Gasteiger partial charge in [0.05, 0.1) is 0 Å². The predicted molar refractivity (Wildman–Crippen MR) is 80.3 cm³/mol. The second kappa shape index (κ2) is 6.04. The molecule has 1 fully saturated rings. The van der Waals surface area contributed by atoms with Crippen molar-refractivity contribution in [2.45, 2.75) is 12.8 Å². The lowest BCUT2D eigenvalue weighted by atomic mass is 10.4. The normalized spacial score (nSPS) is 15.5. The fraction of sp³-hybridized carbons (Fsp3) is 0.538. The van der Waals surface area contributed by atoms with Crippen LogP contribution in [0.3, 0.4) is 0 Å². The molecule has 2 aromatic heterocycles. The molecule has 2 N–H and O–H groups in total. The third-order valence-electron chi connectivity index (χ3n) is 3.63. The first-order valence-electron chi connectivity index (χ1n) is 7.17. The molecule has 0 aromatic carbocycles. The summed E-state index contributed by atoms with van der Waals surface area (Å²) in [6.45, 7) is 4.25. The van der Waals surface area contributed by atoms with Crippen LogP contribution in [0.4, 0.5) is 11.9 Å². The van der Waals surface area contributed by atoms with Gasteiger partial charge in [-0.3, -0.25) is 0 Å². The number of hydrogen-bond donors (Lipinski definition) is 1. The summed E-state index contributed by atoms with van der Waals surface area (Å²) >= 11 is 0. The third-order valence-corrected chi connectivity index (χ3v) is 3.63. The Balaban J connectivity index is 1.71. The van der Waals surface area contributed by atoms with Gasteiger partial charge in [0.1, 0.15) is 0 Å². The van der Waals surface area contributed by atoms with Gasteiger partial charge in [0.25, 0.3) is 5.95 Å². The molecule has 0 amide bonds. The van der Waals surface area contributed by atoms with Crippen LogP contribution in [-0.4, -0.2) is 62.9 Å². The molecule has 1 saturated heterocycles. The van der Waals surface area contributed by atoms with E-state index in [-0.39, 0.29) is 5.95 Å². The minimum atomic E-state index is 0.207. The van der Waals surface area contributed by atoms with Crippen molar-refractivity contribution >= 4 is 11.9 Å². The topological polar surface area (TPSA) is 89.0 Å². The number of aromatic nitrogens is 5. The molecule has 0 saturated carbocycles. The van der Waals surface area contributed by atoms with Gasteiger partial charge in [0.2, 0.25) is 11.9 Å². The van der Waals surface area contributed by atoms with Crippen molar-refractivity contribution in [2.75, 3.05) is 43.9 Å². The van der Waals surface area contributed by atoms with Gasteiger partial charge in [-0.2, -0.15) is 20.1 Å². The van der Waals surface area contributed by atoms with Crippen LogP contribution in [0.2, 0.25) is 0 Å². The zero-order chi connectivity index (χ0) is 14.7. The van der Waals surface area contributed by atoms with Crippen molar-refractivity contribution in [1.82, 2.24) is 29.6 Å². The van der Waals surface area contributed by atoms with Crippen LogP contribution in [0.25, 0.3) is 5.95 Å². The molecule has 2 aromatic rings. The number of hydrogen-bond acceptors (Lipinski definition) is 7. The SMILES string of the molecule is CN(CCN1CCCC1)c1nc(N)nc(-n2cccn2)n1. The number of rotatable bonds is 5. The summed E-state index contributed by atoms with van der Waals surface area (Å²) in [6.07, 6.45) is 6.05. The molecule has 1 aliphatic heterocycles. The standard InChI is InChI=1S/C13H20N8/c1-19(9-10-20-6-2-3-7-20)12-16-11(14)17-13(18-12)21-8-4-5-15-21/h4-5,8H,2-3,6-7,9-10H2,1H3,(H2,14,16,17,18). The van der Waals surface area contributed by atoms with Crippen LogP contribution in [0.1, 0.15) is 12.8 Å². The van der Waals surface area contributed by atoms with Crippen LogP contribution in [0, 0.1) is 0 Å². The summed E-state index contributed by atoms with van der Waals surface area (Å²) in [5.41, 5.74) is 5.78. The fourth-order valence-electron chi connectivity index (χ4n) is 2.43. The highest BCUT2D eigenvalue weighted by molar-refractivity contribution is 5.36. The molecule has 0 unspecified atom stereocenters. The van der Waals surface area contributed by atoms with E-state index in [2.05, 4.69) is 25.0 Å². The maximum absolute atomic E-state index is 5.78. The van der Waals surface area contributed by atoms with E-state index in [0.29, 0.717) is 11.9 Å². The summed E-state index contributed by atoms with van der Waals surface area (Å²) in [7, 11) is 1.97. The Hall–Kier alpha value is -2.22. The Morgan fingerprint density at radius 3 is 2.76 bits per heavy atom. The average molecular weight is 288 g/mol.